The van der Waals surface area contributed by atoms with Gasteiger partial charge in [0.1, 0.15) is 5.82 Å². The van der Waals surface area contributed by atoms with Gasteiger partial charge < -0.3 is 0 Å². The number of carbonyl (C=O) groups is 1. The van der Waals surface area contributed by atoms with E-state index < -0.39 is 0 Å². The van der Waals surface area contributed by atoms with Crippen molar-refractivity contribution in [3.63, 3.8) is 0 Å². The Morgan fingerprint density at radius 2 is 2.30 bits per heavy atom. The molecule has 1 fully saturated rings. The molecule has 0 saturated heterocycles. The number of carbonyl (C=O) groups excluding carboxylic acids is 1. The van der Waals surface area contributed by atoms with Crippen LogP contribution in [-0.2, 0) is 11.2 Å². The zero-order valence-electron chi connectivity index (χ0n) is 11.2. The van der Waals surface area contributed by atoms with Gasteiger partial charge in [0.15, 0.2) is 5.13 Å². The molecule has 0 atom stereocenters. The third-order valence-electron chi connectivity index (χ3n) is 3.24. The van der Waals surface area contributed by atoms with Crippen molar-refractivity contribution in [2.45, 2.75) is 32.2 Å². The lowest BCUT2D eigenvalue weighted by Gasteiger charge is -2.19. The number of benzene rings is 1. The lowest BCUT2D eigenvalue weighted by Crippen LogP contribution is -2.34. The van der Waals surface area contributed by atoms with E-state index in [2.05, 4.69) is 4.98 Å². The van der Waals surface area contributed by atoms with Crippen molar-refractivity contribution >= 4 is 22.4 Å². The molecule has 1 aromatic carbocycles. The minimum Gasteiger partial charge on any atom is -0.285 e. The maximum atomic E-state index is 13.2. The van der Waals surface area contributed by atoms with Crippen molar-refractivity contribution < 1.29 is 9.18 Å². The van der Waals surface area contributed by atoms with E-state index in [1.807, 2.05) is 12.3 Å². The minimum atomic E-state index is -0.307. The second kappa shape index (κ2) is 5.32. The van der Waals surface area contributed by atoms with Gasteiger partial charge in [-0.2, -0.15) is 0 Å². The Balaban J connectivity index is 1.79. The molecule has 0 N–H and O–H groups in total. The fourth-order valence-electron chi connectivity index (χ4n) is 2.16. The summed E-state index contributed by atoms with van der Waals surface area (Å²) in [5, 5.41) is 2.70. The van der Waals surface area contributed by atoms with Gasteiger partial charge in [-0.15, -0.1) is 11.3 Å². The zero-order valence-corrected chi connectivity index (χ0v) is 12.0. The first kappa shape index (κ1) is 13.2. The lowest BCUT2D eigenvalue weighted by atomic mass is 10.1. The fourth-order valence-corrected chi connectivity index (χ4v) is 3.05. The van der Waals surface area contributed by atoms with E-state index >= 15 is 0 Å². The summed E-state index contributed by atoms with van der Waals surface area (Å²) in [5.41, 5.74) is 1.63. The molecule has 104 valence electrons. The van der Waals surface area contributed by atoms with Crippen molar-refractivity contribution in [2.24, 2.45) is 0 Å². The molecule has 5 heteroatoms. The number of anilines is 1. The number of aryl methyl sites for hydroxylation is 1. The number of hydrogen-bond donors (Lipinski definition) is 0. The number of aromatic nitrogens is 1. The summed E-state index contributed by atoms with van der Waals surface area (Å²) in [6, 6.07) is 6.47. The van der Waals surface area contributed by atoms with E-state index in [0.29, 0.717) is 5.56 Å². The van der Waals surface area contributed by atoms with Gasteiger partial charge in [-0.1, -0.05) is 12.1 Å². The molecule has 3 rings (SSSR count). The smallest absolute Gasteiger partial charge is 0.233 e. The SMILES string of the molecule is Cc1csc(N(C(=O)Cc2cccc(F)c2)C2CC2)n1. The van der Waals surface area contributed by atoms with Crippen molar-refractivity contribution in [3.8, 4) is 0 Å². The summed E-state index contributed by atoms with van der Waals surface area (Å²) >= 11 is 1.49. The molecule has 0 unspecified atom stereocenters. The average molecular weight is 290 g/mol. The second-order valence-corrected chi connectivity index (χ2v) is 5.91. The Labute approximate surface area is 121 Å². The monoisotopic (exact) mass is 290 g/mol. The zero-order chi connectivity index (χ0) is 14.1. The highest BCUT2D eigenvalue weighted by atomic mass is 32.1. The highest BCUT2D eigenvalue weighted by Gasteiger charge is 2.35. The van der Waals surface area contributed by atoms with Crippen LogP contribution in [0.25, 0.3) is 0 Å². The van der Waals surface area contributed by atoms with E-state index in [0.717, 1.165) is 23.7 Å². The molecular weight excluding hydrogens is 275 g/mol. The Morgan fingerprint density at radius 1 is 1.50 bits per heavy atom. The topological polar surface area (TPSA) is 33.2 Å². The van der Waals surface area contributed by atoms with Crippen LogP contribution in [0.2, 0.25) is 0 Å². The van der Waals surface area contributed by atoms with Crippen molar-refractivity contribution in [1.29, 1.82) is 0 Å². The normalized spacial score (nSPS) is 14.3. The van der Waals surface area contributed by atoms with Crippen LogP contribution in [0.1, 0.15) is 24.1 Å². The van der Waals surface area contributed by atoms with Crippen LogP contribution < -0.4 is 4.90 Å². The molecule has 1 aliphatic carbocycles. The first-order valence-electron chi connectivity index (χ1n) is 6.62. The number of thiazole rings is 1. The van der Waals surface area contributed by atoms with Crippen molar-refractivity contribution in [3.05, 3.63) is 46.7 Å². The number of halogens is 1. The molecule has 0 radical (unpaired) electrons. The summed E-state index contributed by atoms with van der Waals surface area (Å²) in [7, 11) is 0. The summed E-state index contributed by atoms with van der Waals surface area (Å²) in [6.45, 7) is 1.92. The number of amides is 1. The Bertz CT molecular complexity index is 636. The Hall–Kier alpha value is -1.75. The van der Waals surface area contributed by atoms with Crippen LogP contribution in [0.4, 0.5) is 9.52 Å². The summed E-state index contributed by atoms with van der Waals surface area (Å²) < 4.78 is 13.2. The van der Waals surface area contributed by atoms with E-state index in [4.69, 9.17) is 0 Å². The molecule has 20 heavy (non-hydrogen) atoms. The van der Waals surface area contributed by atoms with Crippen LogP contribution in [0.3, 0.4) is 0 Å². The number of rotatable bonds is 4. The van der Waals surface area contributed by atoms with Crippen LogP contribution >= 0.6 is 11.3 Å². The Morgan fingerprint density at radius 3 is 2.90 bits per heavy atom. The molecule has 1 aliphatic rings. The predicted molar refractivity (Wildman–Crippen MR) is 77.5 cm³/mol. The van der Waals surface area contributed by atoms with E-state index in [1.54, 1.807) is 17.0 Å². The second-order valence-electron chi connectivity index (χ2n) is 5.07. The van der Waals surface area contributed by atoms with Crippen LogP contribution in [0.15, 0.2) is 29.6 Å². The van der Waals surface area contributed by atoms with E-state index in [1.165, 1.54) is 23.5 Å². The maximum Gasteiger partial charge on any atom is 0.233 e. The van der Waals surface area contributed by atoms with Crippen molar-refractivity contribution in [1.82, 2.24) is 4.98 Å². The number of hydrogen-bond acceptors (Lipinski definition) is 3. The predicted octanol–water partition coefficient (Wildman–Crippen LogP) is 3.33. The fraction of sp³-hybridized carbons (Fsp3) is 0.333. The molecule has 1 saturated carbocycles. The third kappa shape index (κ3) is 2.88. The molecule has 1 amide bonds. The quantitative estimate of drug-likeness (QED) is 0.865. The van der Waals surface area contributed by atoms with Crippen LogP contribution in [0, 0.1) is 12.7 Å². The highest BCUT2D eigenvalue weighted by Crippen LogP contribution is 2.34. The molecule has 3 nitrogen and oxygen atoms in total. The number of nitrogens with zero attached hydrogens (tertiary/aromatic N) is 2. The highest BCUT2D eigenvalue weighted by molar-refractivity contribution is 7.14. The first-order chi connectivity index (χ1) is 9.63. The third-order valence-corrected chi connectivity index (χ3v) is 4.20. The van der Waals surface area contributed by atoms with E-state index in [9.17, 15) is 9.18 Å². The standard InChI is InChI=1S/C15H15FN2OS/c1-10-9-20-15(17-10)18(13-5-6-13)14(19)8-11-3-2-4-12(16)7-11/h2-4,7,9,13H,5-6,8H2,1H3. The van der Waals surface area contributed by atoms with Gasteiger partial charge in [-0.3, -0.25) is 9.69 Å². The van der Waals surface area contributed by atoms with E-state index in [-0.39, 0.29) is 24.2 Å². The van der Waals surface area contributed by atoms with Gasteiger partial charge in [0.05, 0.1) is 12.1 Å². The van der Waals surface area contributed by atoms with Gasteiger partial charge in [-0.05, 0) is 37.5 Å². The molecule has 2 aromatic rings. The molecule has 0 bridgehead atoms. The molecule has 1 aromatic heterocycles. The maximum absolute atomic E-state index is 13.2. The molecule has 0 spiro atoms. The van der Waals surface area contributed by atoms with Crippen molar-refractivity contribution in [2.75, 3.05) is 4.90 Å². The Kier molecular flexibility index (Phi) is 3.53. The van der Waals surface area contributed by atoms with Crippen LogP contribution in [0.5, 0.6) is 0 Å². The summed E-state index contributed by atoms with van der Waals surface area (Å²) in [4.78, 5) is 18.7. The van der Waals surface area contributed by atoms with Gasteiger partial charge >= 0.3 is 0 Å². The average Bonchev–Trinajstić information content (AvgIpc) is 3.12. The molecular formula is C15H15FN2OS. The van der Waals surface area contributed by atoms with Gasteiger partial charge in [-0.25, -0.2) is 9.37 Å². The van der Waals surface area contributed by atoms with Gasteiger partial charge in [0.25, 0.3) is 0 Å². The first-order valence-corrected chi connectivity index (χ1v) is 7.50. The lowest BCUT2D eigenvalue weighted by molar-refractivity contribution is -0.118. The molecule has 1 heterocycles. The van der Waals surface area contributed by atoms with Gasteiger partial charge in [0.2, 0.25) is 5.91 Å². The summed E-state index contributed by atoms with van der Waals surface area (Å²) in [6.07, 6.45) is 2.26. The molecule has 0 aliphatic heterocycles. The van der Waals surface area contributed by atoms with Crippen LogP contribution in [-0.4, -0.2) is 16.9 Å². The van der Waals surface area contributed by atoms with Gasteiger partial charge in [0, 0.05) is 11.4 Å². The largest absolute Gasteiger partial charge is 0.285 e. The minimum absolute atomic E-state index is 0.00699. The summed E-state index contributed by atoms with van der Waals surface area (Å²) in [5.74, 6) is -0.314.